The Morgan fingerprint density at radius 1 is 1.25 bits per heavy atom. The van der Waals surface area contributed by atoms with Crippen LogP contribution in [-0.2, 0) is 13.1 Å². The lowest BCUT2D eigenvalue weighted by molar-refractivity contribution is 0.204. The Hall–Kier alpha value is -0.510. The highest BCUT2D eigenvalue weighted by Crippen LogP contribution is 2.26. The number of rotatable bonds is 5. The van der Waals surface area contributed by atoms with Crippen LogP contribution >= 0.6 is 11.8 Å². The van der Waals surface area contributed by atoms with Gasteiger partial charge in [0.2, 0.25) is 0 Å². The van der Waals surface area contributed by atoms with Gasteiger partial charge >= 0.3 is 0 Å². The zero-order valence-electron chi connectivity index (χ0n) is 13.2. The van der Waals surface area contributed by atoms with Crippen molar-refractivity contribution in [3.63, 3.8) is 0 Å². The van der Waals surface area contributed by atoms with Crippen LogP contribution in [0.1, 0.15) is 38.8 Å². The quantitative estimate of drug-likeness (QED) is 0.894. The fourth-order valence-electron chi connectivity index (χ4n) is 2.64. The molecule has 1 heterocycles. The van der Waals surface area contributed by atoms with Crippen LogP contribution in [0.25, 0.3) is 0 Å². The van der Waals surface area contributed by atoms with Gasteiger partial charge in [-0.15, -0.1) is 0 Å². The van der Waals surface area contributed by atoms with Crippen molar-refractivity contribution in [1.82, 2.24) is 10.2 Å². The highest BCUT2D eigenvalue weighted by atomic mass is 32.2. The molecule has 0 aromatic heterocycles. The molecule has 20 heavy (non-hydrogen) atoms. The Bertz CT molecular complexity index is 419. The Kier molecular flexibility index (Phi) is 5.94. The van der Waals surface area contributed by atoms with Crippen molar-refractivity contribution in [2.75, 3.05) is 12.3 Å². The molecule has 1 aliphatic heterocycles. The molecule has 1 fully saturated rings. The molecular formula is C17H28N2S. The van der Waals surface area contributed by atoms with E-state index in [4.69, 9.17) is 0 Å². The molecule has 0 spiro atoms. The molecule has 0 saturated carbocycles. The first-order valence-electron chi connectivity index (χ1n) is 7.73. The molecule has 2 atom stereocenters. The third-order valence-electron chi connectivity index (χ3n) is 4.21. The van der Waals surface area contributed by atoms with Crippen molar-refractivity contribution in [2.45, 2.75) is 58.1 Å². The van der Waals surface area contributed by atoms with E-state index < -0.39 is 0 Å². The smallest absolute Gasteiger partial charge is 0.0240 e. The SMILES string of the molecule is CC(C)NCc1ccccc1CN1CCSC(C)C1C. The van der Waals surface area contributed by atoms with Crippen LogP contribution in [0, 0.1) is 0 Å². The van der Waals surface area contributed by atoms with Crippen molar-refractivity contribution in [3.8, 4) is 0 Å². The molecule has 112 valence electrons. The lowest BCUT2D eigenvalue weighted by atomic mass is 10.1. The van der Waals surface area contributed by atoms with Gasteiger partial charge in [-0.3, -0.25) is 4.90 Å². The van der Waals surface area contributed by atoms with Gasteiger partial charge in [-0.2, -0.15) is 11.8 Å². The second-order valence-electron chi connectivity index (χ2n) is 6.09. The maximum Gasteiger partial charge on any atom is 0.0240 e. The van der Waals surface area contributed by atoms with E-state index in [2.05, 4.69) is 73.9 Å². The Morgan fingerprint density at radius 3 is 2.65 bits per heavy atom. The van der Waals surface area contributed by atoms with Crippen molar-refractivity contribution in [1.29, 1.82) is 0 Å². The van der Waals surface area contributed by atoms with E-state index >= 15 is 0 Å². The van der Waals surface area contributed by atoms with E-state index in [-0.39, 0.29) is 0 Å². The van der Waals surface area contributed by atoms with E-state index in [0.29, 0.717) is 12.1 Å². The largest absolute Gasteiger partial charge is 0.310 e. The average molecular weight is 292 g/mol. The van der Waals surface area contributed by atoms with Crippen LogP contribution in [0.4, 0.5) is 0 Å². The van der Waals surface area contributed by atoms with Gasteiger partial charge in [-0.05, 0) is 18.1 Å². The monoisotopic (exact) mass is 292 g/mol. The van der Waals surface area contributed by atoms with Gasteiger partial charge in [0.1, 0.15) is 0 Å². The summed E-state index contributed by atoms with van der Waals surface area (Å²) in [5, 5.41) is 4.28. The van der Waals surface area contributed by atoms with Gasteiger partial charge in [-0.1, -0.05) is 45.0 Å². The molecule has 2 unspecified atom stereocenters. The number of thioether (sulfide) groups is 1. The molecule has 0 aliphatic carbocycles. The summed E-state index contributed by atoms with van der Waals surface area (Å²) in [6.07, 6.45) is 0. The summed E-state index contributed by atoms with van der Waals surface area (Å²) in [6, 6.07) is 10.1. The van der Waals surface area contributed by atoms with Crippen LogP contribution < -0.4 is 5.32 Å². The van der Waals surface area contributed by atoms with Crippen LogP contribution in [0.5, 0.6) is 0 Å². The zero-order valence-corrected chi connectivity index (χ0v) is 14.0. The first-order chi connectivity index (χ1) is 9.58. The summed E-state index contributed by atoms with van der Waals surface area (Å²) < 4.78 is 0. The molecule has 1 aliphatic rings. The van der Waals surface area contributed by atoms with Crippen molar-refractivity contribution in [2.24, 2.45) is 0 Å². The molecular weight excluding hydrogens is 264 g/mol. The molecule has 1 N–H and O–H groups in total. The standard InChI is InChI=1S/C17H28N2S/c1-13(2)18-11-16-7-5-6-8-17(16)12-19-9-10-20-15(4)14(19)3/h5-8,13-15,18H,9-12H2,1-4H3. The Morgan fingerprint density at radius 2 is 1.95 bits per heavy atom. The van der Waals surface area contributed by atoms with E-state index in [0.717, 1.165) is 18.3 Å². The first-order valence-corrected chi connectivity index (χ1v) is 8.78. The number of nitrogens with one attached hydrogen (secondary N) is 1. The van der Waals surface area contributed by atoms with Crippen molar-refractivity contribution >= 4 is 11.8 Å². The number of nitrogens with zero attached hydrogens (tertiary/aromatic N) is 1. The molecule has 1 saturated heterocycles. The highest BCUT2D eigenvalue weighted by molar-refractivity contribution is 8.00. The maximum atomic E-state index is 3.54. The minimum atomic E-state index is 0.536. The summed E-state index contributed by atoms with van der Waals surface area (Å²) in [6.45, 7) is 12.4. The predicted octanol–water partition coefficient (Wildman–Crippen LogP) is 3.51. The van der Waals surface area contributed by atoms with Crippen LogP contribution in [0.15, 0.2) is 24.3 Å². The third-order valence-corrected chi connectivity index (χ3v) is 5.55. The van der Waals surface area contributed by atoms with Gasteiger partial charge in [0.25, 0.3) is 0 Å². The lowest BCUT2D eigenvalue weighted by Gasteiger charge is -2.37. The van der Waals surface area contributed by atoms with Gasteiger partial charge in [-0.25, -0.2) is 0 Å². The van der Waals surface area contributed by atoms with Gasteiger partial charge in [0.05, 0.1) is 0 Å². The molecule has 1 aromatic carbocycles. The lowest BCUT2D eigenvalue weighted by Crippen LogP contribution is -2.44. The molecule has 0 bridgehead atoms. The molecule has 0 radical (unpaired) electrons. The summed E-state index contributed by atoms with van der Waals surface area (Å²) in [5.41, 5.74) is 2.92. The maximum absolute atomic E-state index is 3.54. The summed E-state index contributed by atoms with van der Waals surface area (Å²) in [4.78, 5) is 2.63. The zero-order chi connectivity index (χ0) is 14.5. The molecule has 3 heteroatoms. The summed E-state index contributed by atoms with van der Waals surface area (Å²) in [7, 11) is 0. The second kappa shape index (κ2) is 7.48. The van der Waals surface area contributed by atoms with Crippen LogP contribution in [-0.4, -0.2) is 34.5 Å². The highest BCUT2D eigenvalue weighted by Gasteiger charge is 2.25. The van der Waals surface area contributed by atoms with E-state index in [1.807, 2.05) is 0 Å². The number of hydrogen-bond acceptors (Lipinski definition) is 3. The summed E-state index contributed by atoms with van der Waals surface area (Å²) >= 11 is 2.10. The molecule has 2 rings (SSSR count). The van der Waals surface area contributed by atoms with Crippen LogP contribution in [0.2, 0.25) is 0 Å². The normalized spacial score (nSPS) is 24.2. The van der Waals surface area contributed by atoms with Crippen LogP contribution in [0.3, 0.4) is 0 Å². The van der Waals surface area contributed by atoms with E-state index in [1.165, 1.54) is 23.4 Å². The molecule has 1 aromatic rings. The van der Waals surface area contributed by atoms with Gasteiger partial charge in [0, 0.05) is 42.7 Å². The fraction of sp³-hybridized carbons (Fsp3) is 0.647. The number of hydrogen-bond donors (Lipinski definition) is 1. The minimum Gasteiger partial charge on any atom is -0.310 e. The van der Waals surface area contributed by atoms with Gasteiger partial charge in [0.15, 0.2) is 0 Å². The number of benzene rings is 1. The van der Waals surface area contributed by atoms with E-state index in [9.17, 15) is 0 Å². The second-order valence-corrected chi connectivity index (χ2v) is 7.58. The Labute approximate surface area is 128 Å². The van der Waals surface area contributed by atoms with Crippen molar-refractivity contribution < 1.29 is 0 Å². The van der Waals surface area contributed by atoms with Gasteiger partial charge < -0.3 is 5.32 Å². The third kappa shape index (κ3) is 4.24. The first kappa shape index (κ1) is 15.9. The molecule has 0 amide bonds. The minimum absolute atomic E-state index is 0.536. The molecule has 2 nitrogen and oxygen atoms in total. The summed E-state index contributed by atoms with van der Waals surface area (Å²) in [5.74, 6) is 1.26. The fourth-order valence-corrected chi connectivity index (χ4v) is 3.80. The van der Waals surface area contributed by atoms with E-state index in [1.54, 1.807) is 0 Å². The topological polar surface area (TPSA) is 15.3 Å². The predicted molar refractivity (Wildman–Crippen MR) is 90.2 cm³/mol. The van der Waals surface area contributed by atoms with Crippen molar-refractivity contribution in [3.05, 3.63) is 35.4 Å². The average Bonchev–Trinajstić information content (AvgIpc) is 2.43. The Balaban J connectivity index is 2.04.